The molecule has 4 rings (SSSR count). The number of ether oxygens (including phenoxy) is 2. The van der Waals surface area contributed by atoms with E-state index in [1.165, 1.54) is 70.6 Å². The second-order valence-electron chi connectivity index (χ2n) is 16.1. The second-order valence-corrected chi connectivity index (χ2v) is 16.1. The van der Waals surface area contributed by atoms with E-state index < -0.39 is 0 Å². The highest BCUT2D eigenvalue weighted by Gasteiger charge is 2.66. The zero-order chi connectivity index (χ0) is 31.6. The lowest BCUT2D eigenvalue weighted by Crippen LogP contribution is -2.62. The summed E-state index contributed by atoms with van der Waals surface area (Å²) < 4.78 is 13.1. The Morgan fingerprint density at radius 3 is 2.27 bits per heavy atom. The molecule has 258 valence electrons. The first-order valence-electron chi connectivity index (χ1n) is 19.3. The smallest absolute Gasteiger partial charge is 0.0611 e. The van der Waals surface area contributed by atoms with Crippen LogP contribution in [0.4, 0.5) is 0 Å². The molecule has 44 heavy (non-hydrogen) atoms. The molecule has 6 heteroatoms. The molecule has 6 N–H and O–H groups in total. The molecule has 0 saturated heterocycles. The van der Waals surface area contributed by atoms with Crippen molar-refractivity contribution in [3.63, 3.8) is 0 Å². The number of nitrogens with one attached hydrogen (secondary N) is 1. The third kappa shape index (κ3) is 8.42. The van der Waals surface area contributed by atoms with E-state index >= 15 is 0 Å². The predicted octanol–water partition coefficient (Wildman–Crippen LogP) is 7.06. The maximum Gasteiger partial charge on any atom is 0.0611 e. The Morgan fingerprint density at radius 1 is 0.818 bits per heavy atom. The van der Waals surface area contributed by atoms with Crippen LogP contribution in [0, 0.1) is 46.3 Å². The van der Waals surface area contributed by atoms with Crippen LogP contribution in [0.5, 0.6) is 0 Å². The number of nitrogens with two attached hydrogens (primary N) is 2. The Morgan fingerprint density at radius 2 is 1.52 bits per heavy atom. The number of fused-ring (bicyclic) bond motifs is 5. The summed E-state index contributed by atoms with van der Waals surface area (Å²) >= 11 is 0. The van der Waals surface area contributed by atoms with Gasteiger partial charge in [0.1, 0.15) is 0 Å². The lowest BCUT2D eigenvalue weighted by molar-refractivity contribution is -0.218. The minimum Gasteiger partial charge on any atom is -0.393 e. The van der Waals surface area contributed by atoms with Crippen molar-refractivity contribution in [1.82, 2.24) is 5.32 Å². The normalized spacial score (nSPS) is 39.1. The minimum atomic E-state index is -0.215. The molecular weight excluding hydrogens is 546 g/mol. The standard InChI is InChI=1S/C38H73N3O3/c1-5-6-7-8-9-10-21-41-22-11-14-28(2)31-15-16-32-36-33(27-35(42)38(31,32)4)37(3)18-17-30(43-23-12-19-39)25-29(37)26-34(36)44-24-13-20-40/h28-36,41-42H,5-27,39-40H2,1-4H3/t28?,29?,30-,31?,32+,33+,34-,35+,36?,37+,38-/m1/s1. The van der Waals surface area contributed by atoms with Gasteiger partial charge in [-0.1, -0.05) is 59.8 Å². The zero-order valence-electron chi connectivity index (χ0n) is 29.4. The molecule has 4 unspecified atom stereocenters. The minimum absolute atomic E-state index is 0.00624. The SMILES string of the molecule is CCCCCCCCNCCCC(C)C1CC[C@H]2C3[C@H](OCCCN)CC4C[C@H](OCCCN)CC[C@]4(C)[C@H]3C[C@H](O)[C@]12C. The van der Waals surface area contributed by atoms with Crippen LogP contribution in [-0.2, 0) is 9.47 Å². The molecule has 4 aliphatic rings. The van der Waals surface area contributed by atoms with Crippen molar-refractivity contribution in [3.05, 3.63) is 0 Å². The Balaban J connectivity index is 1.38. The fourth-order valence-electron chi connectivity index (χ4n) is 11.0. The van der Waals surface area contributed by atoms with E-state index in [4.69, 9.17) is 20.9 Å². The summed E-state index contributed by atoms with van der Waals surface area (Å²) in [5, 5.41) is 15.9. The van der Waals surface area contributed by atoms with Crippen molar-refractivity contribution in [1.29, 1.82) is 0 Å². The Labute approximate surface area is 271 Å². The van der Waals surface area contributed by atoms with Crippen LogP contribution in [0.2, 0.25) is 0 Å². The lowest BCUT2D eigenvalue weighted by Gasteiger charge is -2.64. The molecule has 0 radical (unpaired) electrons. The molecule has 4 aliphatic carbocycles. The lowest BCUT2D eigenvalue weighted by atomic mass is 9.43. The summed E-state index contributed by atoms with van der Waals surface area (Å²) in [5.74, 6) is 3.48. The highest BCUT2D eigenvalue weighted by molar-refractivity contribution is 5.14. The van der Waals surface area contributed by atoms with Gasteiger partial charge in [0.05, 0.1) is 18.3 Å². The first kappa shape index (κ1) is 36.6. The van der Waals surface area contributed by atoms with Crippen LogP contribution in [0.3, 0.4) is 0 Å². The van der Waals surface area contributed by atoms with E-state index in [1.807, 2.05) is 0 Å². The average Bonchev–Trinajstić information content (AvgIpc) is 3.37. The molecule has 0 aromatic heterocycles. The van der Waals surface area contributed by atoms with Gasteiger partial charge in [0.2, 0.25) is 0 Å². The Bertz CT molecular complexity index is 814. The van der Waals surface area contributed by atoms with Crippen LogP contribution < -0.4 is 16.8 Å². The summed E-state index contributed by atoms with van der Waals surface area (Å²) in [6, 6.07) is 0. The molecule has 0 aromatic rings. The Kier molecular flexibility index (Phi) is 14.8. The van der Waals surface area contributed by atoms with Crippen molar-refractivity contribution in [3.8, 4) is 0 Å². The largest absolute Gasteiger partial charge is 0.393 e. The monoisotopic (exact) mass is 620 g/mol. The topological polar surface area (TPSA) is 103 Å². The van der Waals surface area contributed by atoms with Crippen molar-refractivity contribution in [2.24, 2.45) is 57.8 Å². The van der Waals surface area contributed by atoms with Crippen molar-refractivity contribution in [2.75, 3.05) is 39.4 Å². The predicted molar refractivity (Wildman–Crippen MR) is 183 cm³/mol. The van der Waals surface area contributed by atoms with Gasteiger partial charge >= 0.3 is 0 Å². The molecule has 0 aromatic carbocycles. The van der Waals surface area contributed by atoms with Crippen LogP contribution in [0.1, 0.15) is 137 Å². The van der Waals surface area contributed by atoms with Crippen molar-refractivity contribution < 1.29 is 14.6 Å². The van der Waals surface area contributed by atoms with Gasteiger partial charge in [-0.05, 0) is 150 Å². The maximum atomic E-state index is 12.1. The molecule has 11 atom stereocenters. The van der Waals surface area contributed by atoms with Gasteiger partial charge in [-0.25, -0.2) is 0 Å². The fraction of sp³-hybridized carbons (Fsp3) is 1.00. The molecule has 0 amide bonds. The summed E-state index contributed by atoms with van der Waals surface area (Å²) in [6.07, 6.45) is 21.1. The zero-order valence-corrected chi connectivity index (χ0v) is 29.4. The Hall–Kier alpha value is -0.240. The third-order valence-electron chi connectivity index (χ3n) is 13.6. The summed E-state index contributed by atoms with van der Waals surface area (Å²) in [5.41, 5.74) is 11.9. The van der Waals surface area contributed by atoms with Gasteiger partial charge in [-0.3, -0.25) is 0 Å². The molecule has 0 aliphatic heterocycles. The number of hydrogen-bond donors (Lipinski definition) is 4. The fourth-order valence-corrected chi connectivity index (χ4v) is 11.0. The highest BCUT2D eigenvalue weighted by atomic mass is 16.5. The van der Waals surface area contributed by atoms with Gasteiger partial charge in [0.25, 0.3) is 0 Å². The number of aliphatic hydroxyl groups excluding tert-OH is 1. The maximum absolute atomic E-state index is 12.1. The summed E-state index contributed by atoms with van der Waals surface area (Å²) in [7, 11) is 0. The highest BCUT2D eigenvalue weighted by Crippen LogP contribution is 2.68. The van der Waals surface area contributed by atoms with Gasteiger partial charge in [0, 0.05) is 13.2 Å². The quantitative estimate of drug-likeness (QED) is 0.109. The number of aliphatic hydroxyl groups is 1. The number of unbranched alkanes of at least 4 members (excludes halogenated alkanes) is 5. The van der Waals surface area contributed by atoms with Crippen LogP contribution in [0.15, 0.2) is 0 Å². The van der Waals surface area contributed by atoms with E-state index in [0.29, 0.717) is 54.7 Å². The van der Waals surface area contributed by atoms with Gasteiger partial charge in [-0.2, -0.15) is 0 Å². The molecule has 6 nitrogen and oxygen atoms in total. The number of rotatable bonds is 20. The number of hydrogen-bond acceptors (Lipinski definition) is 6. The van der Waals surface area contributed by atoms with Crippen LogP contribution in [0.25, 0.3) is 0 Å². The first-order chi connectivity index (χ1) is 21.3. The molecule has 0 spiro atoms. The average molecular weight is 620 g/mol. The molecule has 0 heterocycles. The first-order valence-corrected chi connectivity index (χ1v) is 19.3. The summed E-state index contributed by atoms with van der Waals surface area (Å²) in [4.78, 5) is 0. The second kappa shape index (κ2) is 17.8. The summed E-state index contributed by atoms with van der Waals surface area (Å²) in [6.45, 7) is 15.1. The van der Waals surface area contributed by atoms with Gasteiger partial charge < -0.3 is 31.4 Å². The molecule has 0 bridgehead atoms. The van der Waals surface area contributed by atoms with Gasteiger partial charge in [-0.15, -0.1) is 0 Å². The van der Waals surface area contributed by atoms with E-state index in [-0.39, 0.29) is 23.0 Å². The van der Waals surface area contributed by atoms with Crippen LogP contribution >= 0.6 is 0 Å². The van der Waals surface area contributed by atoms with Gasteiger partial charge in [0.15, 0.2) is 0 Å². The van der Waals surface area contributed by atoms with E-state index in [0.717, 1.165) is 64.8 Å². The van der Waals surface area contributed by atoms with Crippen molar-refractivity contribution >= 4 is 0 Å². The molecule has 4 saturated carbocycles. The molecular formula is C38H73N3O3. The van der Waals surface area contributed by atoms with Crippen LogP contribution in [-0.4, -0.2) is 62.8 Å². The molecule has 4 fully saturated rings. The third-order valence-corrected chi connectivity index (χ3v) is 13.6. The van der Waals surface area contributed by atoms with E-state index in [1.54, 1.807) is 0 Å². The van der Waals surface area contributed by atoms with E-state index in [9.17, 15) is 5.11 Å². The van der Waals surface area contributed by atoms with Crippen molar-refractivity contribution in [2.45, 2.75) is 155 Å². The van der Waals surface area contributed by atoms with E-state index in [2.05, 4.69) is 33.0 Å².